The van der Waals surface area contributed by atoms with Crippen LogP contribution in [0.2, 0.25) is 0 Å². The maximum absolute atomic E-state index is 12.8. The summed E-state index contributed by atoms with van der Waals surface area (Å²) in [6.45, 7) is 1.92. The molecule has 3 aromatic rings. The number of hydrogen-bond acceptors (Lipinski definition) is 5. The summed E-state index contributed by atoms with van der Waals surface area (Å²) in [6, 6.07) is 19.0. The summed E-state index contributed by atoms with van der Waals surface area (Å²) in [5, 5.41) is 22.6. The Bertz CT molecular complexity index is 1180. The number of carboxylic acids is 1. The van der Waals surface area contributed by atoms with Gasteiger partial charge in [-0.15, -0.1) is 0 Å². The number of carbonyl (C=O) groups is 2. The van der Waals surface area contributed by atoms with Crippen LogP contribution in [0, 0.1) is 6.92 Å². The van der Waals surface area contributed by atoms with Gasteiger partial charge in [-0.25, -0.2) is 9.59 Å². The van der Waals surface area contributed by atoms with Crippen LogP contribution in [0.1, 0.15) is 17.2 Å². The first-order valence-electron chi connectivity index (χ1n) is 10.1. The van der Waals surface area contributed by atoms with Gasteiger partial charge in [0.1, 0.15) is 11.5 Å². The van der Waals surface area contributed by atoms with Crippen LogP contribution in [0.3, 0.4) is 0 Å². The first-order valence-corrected chi connectivity index (χ1v) is 11.7. The van der Waals surface area contributed by atoms with Crippen LogP contribution in [0.15, 0.2) is 87.8 Å². The van der Waals surface area contributed by atoms with E-state index in [4.69, 9.17) is 9.47 Å². The zero-order valence-electron chi connectivity index (χ0n) is 17.9. The third kappa shape index (κ3) is 7.10. The van der Waals surface area contributed by atoms with E-state index >= 15 is 0 Å². The number of carboxylic acid groups (broad SMARTS) is 1. The van der Waals surface area contributed by atoms with Crippen molar-refractivity contribution < 1.29 is 29.3 Å². The van der Waals surface area contributed by atoms with Crippen LogP contribution in [0.4, 0.5) is 10.5 Å². The molecule has 0 fully saturated rings. The number of phenolic OH excluding ortho intramolecular Hbond substituents is 1. The fourth-order valence-corrected chi connectivity index (χ4v) is 4.30. The van der Waals surface area contributed by atoms with Crippen molar-refractivity contribution in [2.24, 2.45) is 0 Å². The summed E-state index contributed by atoms with van der Waals surface area (Å²) < 4.78 is 12.6. The zero-order chi connectivity index (χ0) is 24.7. The Morgan fingerprint density at radius 2 is 1.71 bits per heavy atom. The third-order valence-corrected chi connectivity index (χ3v) is 5.70. The molecule has 3 N–H and O–H groups in total. The fraction of sp³-hybridized carbons (Fsp3) is 0.120. The van der Waals surface area contributed by atoms with Crippen molar-refractivity contribution in [2.45, 2.75) is 19.1 Å². The Hall–Kier alpha value is -3.30. The summed E-state index contributed by atoms with van der Waals surface area (Å²) in [5.74, 6) is -0.963. The average molecular weight is 591 g/mol. The molecule has 0 radical (unpaired) electrons. The minimum absolute atomic E-state index is 0.179. The molecule has 176 valence electrons. The van der Waals surface area contributed by atoms with Crippen LogP contribution >= 0.6 is 31.9 Å². The summed E-state index contributed by atoms with van der Waals surface area (Å²) in [6.07, 6.45) is -0.960. The number of hydrogen-bond donors (Lipinski definition) is 3. The maximum atomic E-state index is 12.8. The molecule has 3 aromatic carbocycles. The Morgan fingerprint density at radius 3 is 2.35 bits per heavy atom. The second-order valence-corrected chi connectivity index (χ2v) is 9.01. The average Bonchev–Trinajstić information content (AvgIpc) is 2.80. The first-order chi connectivity index (χ1) is 16.2. The molecule has 0 saturated heterocycles. The van der Waals surface area contributed by atoms with E-state index in [1.807, 2.05) is 19.1 Å². The van der Waals surface area contributed by atoms with Gasteiger partial charge in [-0.3, -0.25) is 5.32 Å². The van der Waals surface area contributed by atoms with Crippen LogP contribution in [0.25, 0.3) is 0 Å². The molecule has 0 heterocycles. The standard InChI is InChI=1S/C25H21Br2NO6/c1-15-7-9-17(10-8-15)28-25(32)34-24(19-13-16(26)14-20(27)23(19)31)21(11-12-22(29)30)33-18-5-3-2-4-6-18/h2-14,21,24,31H,1H3,(H,28,32)(H,29,30)/b12-11+/t21-,24-/m1/s1. The highest BCUT2D eigenvalue weighted by atomic mass is 79.9. The second kappa shape index (κ2) is 11.7. The third-order valence-electron chi connectivity index (χ3n) is 4.64. The highest BCUT2D eigenvalue weighted by molar-refractivity contribution is 9.11. The molecule has 2 atom stereocenters. The molecule has 0 aliphatic rings. The van der Waals surface area contributed by atoms with E-state index in [9.17, 15) is 19.8 Å². The van der Waals surface area contributed by atoms with Gasteiger partial charge in [-0.05, 0) is 65.3 Å². The predicted octanol–water partition coefficient (Wildman–Crippen LogP) is 6.60. The van der Waals surface area contributed by atoms with Gasteiger partial charge in [0.2, 0.25) is 0 Å². The Balaban J connectivity index is 2.01. The van der Waals surface area contributed by atoms with E-state index in [1.54, 1.807) is 54.6 Å². The van der Waals surface area contributed by atoms with Crippen LogP contribution in [-0.4, -0.2) is 28.4 Å². The highest BCUT2D eigenvalue weighted by Crippen LogP contribution is 2.39. The normalized spacial score (nSPS) is 12.7. The van der Waals surface area contributed by atoms with Crippen molar-refractivity contribution in [3.8, 4) is 11.5 Å². The lowest BCUT2D eigenvalue weighted by Gasteiger charge is -2.27. The quantitative estimate of drug-likeness (QED) is 0.255. The van der Waals surface area contributed by atoms with Crippen molar-refractivity contribution in [1.82, 2.24) is 0 Å². The van der Waals surface area contributed by atoms with Crippen molar-refractivity contribution >= 4 is 49.6 Å². The molecule has 9 heteroatoms. The Labute approximate surface area is 213 Å². The molecule has 0 aliphatic heterocycles. The SMILES string of the molecule is Cc1ccc(NC(=O)O[C@H](c2cc(Br)cc(Br)c2O)[C@@H](/C=C/C(=O)O)Oc2ccccc2)cc1. The van der Waals surface area contributed by atoms with E-state index in [0.29, 0.717) is 20.4 Å². The fourth-order valence-electron chi connectivity index (χ4n) is 3.05. The number of rotatable bonds is 8. The van der Waals surface area contributed by atoms with Crippen LogP contribution in [-0.2, 0) is 9.53 Å². The van der Waals surface area contributed by atoms with E-state index < -0.39 is 24.3 Å². The molecule has 0 unspecified atom stereocenters. The van der Waals surface area contributed by atoms with Crippen LogP contribution < -0.4 is 10.1 Å². The zero-order valence-corrected chi connectivity index (χ0v) is 21.1. The van der Waals surface area contributed by atoms with Gasteiger partial charge in [-0.1, -0.05) is 51.8 Å². The molecular weight excluding hydrogens is 570 g/mol. The molecule has 1 amide bonds. The molecule has 0 saturated carbocycles. The van der Waals surface area contributed by atoms with Gasteiger partial charge in [0.05, 0.1) is 4.47 Å². The number of para-hydroxylation sites is 1. The van der Waals surface area contributed by atoms with E-state index in [1.165, 1.54) is 6.08 Å². The number of halogens is 2. The molecule has 0 spiro atoms. The number of aliphatic carboxylic acids is 1. The smallest absolute Gasteiger partial charge is 0.412 e. The van der Waals surface area contributed by atoms with Gasteiger partial charge in [0.25, 0.3) is 0 Å². The topological polar surface area (TPSA) is 105 Å². The monoisotopic (exact) mass is 589 g/mol. The molecule has 0 aromatic heterocycles. The number of benzene rings is 3. The van der Waals surface area contributed by atoms with Crippen molar-refractivity contribution in [2.75, 3.05) is 5.32 Å². The van der Waals surface area contributed by atoms with Crippen molar-refractivity contribution in [3.05, 3.63) is 99.0 Å². The van der Waals surface area contributed by atoms with Gasteiger partial charge >= 0.3 is 12.1 Å². The molecule has 7 nitrogen and oxygen atoms in total. The number of nitrogens with one attached hydrogen (secondary N) is 1. The minimum atomic E-state index is -1.21. The number of ether oxygens (including phenoxy) is 2. The molecule has 0 aliphatic carbocycles. The van der Waals surface area contributed by atoms with Gasteiger partial charge in [0.15, 0.2) is 12.2 Å². The van der Waals surface area contributed by atoms with Gasteiger partial charge < -0.3 is 19.7 Å². The second-order valence-electron chi connectivity index (χ2n) is 7.24. The van der Waals surface area contributed by atoms with Crippen molar-refractivity contribution in [1.29, 1.82) is 0 Å². The summed E-state index contributed by atoms with van der Waals surface area (Å²) in [7, 11) is 0. The Kier molecular flexibility index (Phi) is 8.72. The molecule has 34 heavy (non-hydrogen) atoms. The molecule has 3 rings (SSSR count). The predicted molar refractivity (Wildman–Crippen MR) is 135 cm³/mol. The van der Waals surface area contributed by atoms with Crippen molar-refractivity contribution in [3.63, 3.8) is 0 Å². The van der Waals surface area contributed by atoms with Crippen LogP contribution in [0.5, 0.6) is 11.5 Å². The number of aryl methyl sites for hydroxylation is 1. The lowest BCUT2D eigenvalue weighted by molar-refractivity contribution is -0.131. The maximum Gasteiger partial charge on any atom is 0.412 e. The van der Waals surface area contributed by atoms with Gasteiger partial charge in [-0.2, -0.15) is 0 Å². The largest absolute Gasteiger partial charge is 0.506 e. The Morgan fingerprint density at radius 1 is 1.03 bits per heavy atom. The highest BCUT2D eigenvalue weighted by Gasteiger charge is 2.31. The summed E-state index contributed by atoms with van der Waals surface area (Å²) >= 11 is 6.65. The number of aromatic hydroxyl groups is 1. The lowest BCUT2D eigenvalue weighted by Crippen LogP contribution is -2.30. The first kappa shape index (κ1) is 25.3. The molecular formula is C25H21Br2NO6. The van der Waals surface area contributed by atoms with E-state index in [0.717, 1.165) is 11.6 Å². The number of anilines is 1. The lowest BCUT2D eigenvalue weighted by atomic mass is 10.0. The molecule has 0 bridgehead atoms. The number of carbonyl (C=O) groups excluding carboxylic acids is 1. The number of phenols is 1. The van der Waals surface area contributed by atoms with E-state index in [2.05, 4.69) is 37.2 Å². The van der Waals surface area contributed by atoms with Gasteiger partial charge in [0, 0.05) is 21.8 Å². The summed E-state index contributed by atoms with van der Waals surface area (Å²) in [5.41, 5.74) is 1.74. The number of amides is 1. The minimum Gasteiger partial charge on any atom is -0.506 e. The summed E-state index contributed by atoms with van der Waals surface area (Å²) in [4.78, 5) is 24.1. The van der Waals surface area contributed by atoms with E-state index in [-0.39, 0.29) is 11.3 Å².